The van der Waals surface area contributed by atoms with Crippen molar-refractivity contribution >= 4 is 17.9 Å². The molecule has 0 aromatic carbocycles. The van der Waals surface area contributed by atoms with Gasteiger partial charge in [-0.15, -0.1) is 0 Å². The third-order valence-electron chi connectivity index (χ3n) is 14.9. The average molecular weight is 1110 g/mol. The lowest BCUT2D eigenvalue weighted by atomic mass is 10.0. The monoisotopic (exact) mass is 1110 g/mol. The normalized spacial score (nSPS) is 12.7. The smallest absolute Gasteiger partial charge is 0.306 e. The van der Waals surface area contributed by atoms with Crippen molar-refractivity contribution in [2.75, 3.05) is 13.2 Å². The fourth-order valence-electron chi connectivity index (χ4n) is 9.76. The van der Waals surface area contributed by atoms with E-state index in [1.807, 2.05) is 0 Å². The van der Waals surface area contributed by atoms with Crippen molar-refractivity contribution in [1.29, 1.82) is 0 Å². The zero-order chi connectivity index (χ0) is 57.8. The molecule has 80 heavy (non-hydrogen) atoms. The number of allylic oxidation sites excluding steroid dienone is 16. The third kappa shape index (κ3) is 65.1. The summed E-state index contributed by atoms with van der Waals surface area (Å²) in [6.45, 7) is 6.56. The van der Waals surface area contributed by atoms with Crippen LogP contribution >= 0.6 is 0 Å². The highest BCUT2D eigenvalue weighted by Crippen LogP contribution is 2.17. The molecule has 0 bridgehead atoms. The van der Waals surface area contributed by atoms with E-state index in [1.165, 1.54) is 173 Å². The van der Waals surface area contributed by atoms with Crippen molar-refractivity contribution in [1.82, 2.24) is 0 Å². The van der Waals surface area contributed by atoms with Gasteiger partial charge in [0.2, 0.25) is 0 Å². The van der Waals surface area contributed by atoms with Crippen molar-refractivity contribution < 1.29 is 28.6 Å². The van der Waals surface area contributed by atoms with Crippen LogP contribution in [0.2, 0.25) is 0 Å². The van der Waals surface area contributed by atoms with Crippen LogP contribution < -0.4 is 0 Å². The molecule has 1 unspecified atom stereocenters. The standard InChI is InChI=1S/C74H128O6/c1-4-7-10-13-16-19-22-25-27-29-31-32-33-34-35-36-37-38-39-40-41-42-43-45-46-49-52-55-58-61-64-67-73(76)79-70-71(69-78-72(75)66-63-60-57-54-51-48-24-21-18-15-12-9-6-3)80-74(77)68-65-62-59-56-53-50-47-44-30-28-26-23-20-17-14-11-8-5-2/h7,10,16,19,25,27,31-32,34-35,37-38,40-41,43,45,71H,4-6,8-9,11-15,17-18,20-24,26,28-30,33,36,39,42,44,46-70H2,1-3H3/b10-7-,19-16-,27-25-,32-31-,35-34-,38-37-,41-40-,45-43-. The van der Waals surface area contributed by atoms with Gasteiger partial charge in [0.15, 0.2) is 6.10 Å². The predicted molar refractivity (Wildman–Crippen MR) is 348 cm³/mol. The Labute approximate surface area is 496 Å². The minimum atomic E-state index is -0.781. The maximum absolute atomic E-state index is 12.9. The molecular weight excluding hydrogens is 985 g/mol. The first-order valence-electron chi connectivity index (χ1n) is 34.2. The van der Waals surface area contributed by atoms with Gasteiger partial charge in [-0.3, -0.25) is 14.4 Å². The summed E-state index contributed by atoms with van der Waals surface area (Å²) in [7, 11) is 0. The van der Waals surface area contributed by atoms with Gasteiger partial charge in [0.25, 0.3) is 0 Å². The second-order valence-corrected chi connectivity index (χ2v) is 22.7. The van der Waals surface area contributed by atoms with Crippen molar-refractivity contribution in [2.45, 2.75) is 341 Å². The van der Waals surface area contributed by atoms with E-state index in [9.17, 15) is 14.4 Å². The first-order chi connectivity index (χ1) is 39.5. The summed E-state index contributed by atoms with van der Waals surface area (Å²) >= 11 is 0. The highest BCUT2D eigenvalue weighted by Gasteiger charge is 2.19. The van der Waals surface area contributed by atoms with Crippen LogP contribution in [-0.2, 0) is 28.6 Å². The van der Waals surface area contributed by atoms with E-state index in [0.717, 1.165) is 122 Å². The number of esters is 3. The lowest BCUT2D eigenvalue weighted by molar-refractivity contribution is -0.167. The molecule has 0 fully saturated rings. The summed E-state index contributed by atoms with van der Waals surface area (Å²) in [5.41, 5.74) is 0. The van der Waals surface area contributed by atoms with E-state index in [2.05, 4.69) is 118 Å². The van der Waals surface area contributed by atoms with Gasteiger partial charge in [0.1, 0.15) is 13.2 Å². The molecule has 6 nitrogen and oxygen atoms in total. The summed E-state index contributed by atoms with van der Waals surface area (Å²) in [5.74, 6) is -0.875. The van der Waals surface area contributed by atoms with Crippen LogP contribution in [0.4, 0.5) is 0 Å². The van der Waals surface area contributed by atoms with E-state index in [4.69, 9.17) is 14.2 Å². The van der Waals surface area contributed by atoms with E-state index < -0.39 is 6.10 Å². The lowest BCUT2D eigenvalue weighted by Crippen LogP contribution is -2.30. The molecule has 0 spiro atoms. The zero-order valence-electron chi connectivity index (χ0n) is 52.8. The summed E-state index contributed by atoms with van der Waals surface area (Å²) in [6.07, 6.45) is 91.3. The molecule has 6 heteroatoms. The van der Waals surface area contributed by atoms with Gasteiger partial charge in [0, 0.05) is 19.3 Å². The Morgan fingerprint density at radius 2 is 0.487 bits per heavy atom. The Morgan fingerprint density at radius 1 is 0.263 bits per heavy atom. The maximum Gasteiger partial charge on any atom is 0.306 e. The molecule has 0 radical (unpaired) electrons. The minimum absolute atomic E-state index is 0.0770. The Bertz CT molecular complexity index is 1560. The number of hydrogen-bond donors (Lipinski definition) is 0. The molecule has 0 rings (SSSR count). The molecule has 0 saturated heterocycles. The second-order valence-electron chi connectivity index (χ2n) is 22.7. The van der Waals surface area contributed by atoms with E-state index in [-0.39, 0.29) is 31.1 Å². The average Bonchev–Trinajstić information content (AvgIpc) is 3.46. The Morgan fingerprint density at radius 3 is 0.762 bits per heavy atom. The largest absolute Gasteiger partial charge is 0.462 e. The highest BCUT2D eigenvalue weighted by atomic mass is 16.6. The SMILES string of the molecule is CC/C=C\C/C=C\C/C=C\C/C=C\C/C=C\C/C=C\C/C=C\C/C=C\CCCCCCCCC(=O)OCC(COC(=O)CCCCCCCCCCCCCCC)OC(=O)CCCCCCCCCCCCCCCCCCCC. The molecule has 0 aromatic rings. The number of carbonyl (C=O) groups is 3. The molecule has 0 aliphatic carbocycles. The maximum atomic E-state index is 12.9. The van der Waals surface area contributed by atoms with Crippen LogP contribution in [0.1, 0.15) is 335 Å². The quantitative estimate of drug-likeness (QED) is 0.0261. The van der Waals surface area contributed by atoms with Crippen LogP contribution in [0.15, 0.2) is 97.2 Å². The Balaban J connectivity index is 4.30. The fourth-order valence-corrected chi connectivity index (χ4v) is 9.76. The molecule has 0 heterocycles. The minimum Gasteiger partial charge on any atom is -0.462 e. The van der Waals surface area contributed by atoms with Crippen molar-refractivity contribution in [2.24, 2.45) is 0 Å². The van der Waals surface area contributed by atoms with Crippen LogP contribution in [0.25, 0.3) is 0 Å². The predicted octanol–water partition coefficient (Wildman–Crippen LogP) is 23.6. The lowest BCUT2D eigenvalue weighted by Gasteiger charge is -2.18. The van der Waals surface area contributed by atoms with Crippen LogP contribution in [0.3, 0.4) is 0 Å². The molecule has 0 saturated carbocycles. The second kappa shape index (κ2) is 67.8. The highest BCUT2D eigenvalue weighted by molar-refractivity contribution is 5.71. The fraction of sp³-hybridized carbons (Fsp3) is 0.743. The zero-order valence-corrected chi connectivity index (χ0v) is 52.8. The topological polar surface area (TPSA) is 78.9 Å². The summed E-state index contributed by atoms with van der Waals surface area (Å²) in [4.78, 5) is 38.4. The molecule has 0 N–H and O–H groups in total. The summed E-state index contributed by atoms with van der Waals surface area (Å²) in [5, 5.41) is 0. The number of hydrogen-bond acceptors (Lipinski definition) is 6. The molecule has 0 aromatic heterocycles. The number of rotatable bonds is 62. The number of ether oxygens (including phenoxy) is 3. The van der Waals surface area contributed by atoms with Crippen molar-refractivity contribution in [3.05, 3.63) is 97.2 Å². The van der Waals surface area contributed by atoms with Crippen molar-refractivity contribution in [3.63, 3.8) is 0 Å². The Hall–Kier alpha value is -3.67. The van der Waals surface area contributed by atoms with Crippen LogP contribution in [0, 0.1) is 0 Å². The van der Waals surface area contributed by atoms with Gasteiger partial charge in [-0.1, -0.05) is 330 Å². The molecule has 1 atom stereocenters. The van der Waals surface area contributed by atoms with E-state index in [1.54, 1.807) is 0 Å². The van der Waals surface area contributed by atoms with Gasteiger partial charge in [-0.25, -0.2) is 0 Å². The Kier molecular flexibility index (Phi) is 64.7. The van der Waals surface area contributed by atoms with Gasteiger partial charge >= 0.3 is 17.9 Å². The van der Waals surface area contributed by atoms with Crippen LogP contribution in [-0.4, -0.2) is 37.2 Å². The molecule has 0 aliphatic heterocycles. The molecule has 0 amide bonds. The van der Waals surface area contributed by atoms with Crippen LogP contribution in [0.5, 0.6) is 0 Å². The molecule has 460 valence electrons. The van der Waals surface area contributed by atoms with E-state index >= 15 is 0 Å². The first kappa shape index (κ1) is 76.3. The molecular formula is C74H128O6. The first-order valence-corrected chi connectivity index (χ1v) is 34.2. The van der Waals surface area contributed by atoms with Gasteiger partial charge in [0.05, 0.1) is 0 Å². The summed E-state index contributed by atoms with van der Waals surface area (Å²) < 4.78 is 17.0. The van der Waals surface area contributed by atoms with Gasteiger partial charge in [-0.05, 0) is 83.5 Å². The summed E-state index contributed by atoms with van der Waals surface area (Å²) in [6, 6.07) is 0. The molecule has 0 aliphatic rings. The van der Waals surface area contributed by atoms with Crippen molar-refractivity contribution in [3.8, 4) is 0 Å². The third-order valence-corrected chi connectivity index (χ3v) is 14.9. The van der Waals surface area contributed by atoms with Gasteiger partial charge in [-0.2, -0.15) is 0 Å². The van der Waals surface area contributed by atoms with E-state index in [0.29, 0.717) is 19.3 Å². The van der Waals surface area contributed by atoms with Gasteiger partial charge < -0.3 is 14.2 Å². The number of carbonyl (C=O) groups excluding carboxylic acids is 3. The number of unbranched alkanes of at least 4 members (excludes halogenated alkanes) is 35.